The molecule has 27 heavy (non-hydrogen) atoms. The number of likely N-dealkylation sites (tertiary alicyclic amines) is 1. The van der Waals surface area contributed by atoms with E-state index < -0.39 is 0 Å². The second-order valence-electron chi connectivity index (χ2n) is 6.01. The summed E-state index contributed by atoms with van der Waals surface area (Å²) in [4.78, 5) is 22.2. The quantitative estimate of drug-likeness (QED) is 0.767. The van der Waals surface area contributed by atoms with Crippen molar-refractivity contribution in [2.45, 2.75) is 18.9 Å². The molecule has 0 saturated carbocycles. The van der Waals surface area contributed by atoms with Crippen LogP contribution in [0.4, 0.5) is 0 Å². The van der Waals surface area contributed by atoms with Gasteiger partial charge in [0.15, 0.2) is 6.61 Å². The average molecular weight is 368 g/mol. The first-order chi connectivity index (χ1) is 13.2. The Labute approximate surface area is 157 Å². The molecule has 1 saturated heterocycles. The molecule has 140 valence electrons. The number of aromatic nitrogens is 2. The summed E-state index contributed by atoms with van der Waals surface area (Å²) in [6.45, 7) is 1.00. The molecule has 0 radical (unpaired) electrons. The maximum absolute atomic E-state index is 12.5. The van der Waals surface area contributed by atoms with E-state index in [0.29, 0.717) is 24.6 Å². The van der Waals surface area contributed by atoms with Gasteiger partial charge in [0.25, 0.3) is 11.8 Å². The number of carbonyl (C=O) groups is 1. The zero-order chi connectivity index (χ0) is 19.1. The van der Waals surface area contributed by atoms with Crippen LogP contribution in [0, 0.1) is 11.3 Å². The third kappa shape index (κ3) is 4.85. The summed E-state index contributed by atoms with van der Waals surface area (Å²) in [7, 11) is 1.58. The van der Waals surface area contributed by atoms with E-state index in [0.717, 1.165) is 12.8 Å². The molecule has 3 rings (SSSR count). The minimum atomic E-state index is -0.233. The lowest BCUT2D eigenvalue weighted by Crippen LogP contribution is -2.46. The Morgan fingerprint density at radius 3 is 2.96 bits per heavy atom. The molecule has 0 bridgehead atoms. The highest BCUT2D eigenvalue weighted by atomic mass is 16.5. The molecular weight excluding hydrogens is 348 g/mol. The summed E-state index contributed by atoms with van der Waals surface area (Å²) < 4.78 is 16.5. The normalized spacial score (nSPS) is 16.3. The van der Waals surface area contributed by atoms with Crippen molar-refractivity contribution in [3.05, 3.63) is 42.4 Å². The van der Waals surface area contributed by atoms with E-state index in [-0.39, 0.29) is 30.2 Å². The van der Waals surface area contributed by atoms with Crippen LogP contribution in [0.15, 0.2) is 36.7 Å². The summed E-state index contributed by atoms with van der Waals surface area (Å²) in [6, 6.07) is 9.07. The van der Waals surface area contributed by atoms with Crippen LogP contribution in [0.5, 0.6) is 17.4 Å². The highest BCUT2D eigenvalue weighted by Gasteiger charge is 2.26. The van der Waals surface area contributed by atoms with Gasteiger partial charge in [0.2, 0.25) is 5.69 Å². The van der Waals surface area contributed by atoms with Gasteiger partial charge in [0, 0.05) is 25.0 Å². The molecule has 0 spiro atoms. The SMILES string of the molecule is COc1cccc(OCC(=O)N2CCC[C@H](Oc3nccnc3C#N)C2)c1. The van der Waals surface area contributed by atoms with Crippen LogP contribution in [0.2, 0.25) is 0 Å². The van der Waals surface area contributed by atoms with Crippen molar-refractivity contribution in [1.82, 2.24) is 14.9 Å². The Hall–Kier alpha value is -3.34. The minimum Gasteiger partial charge on any atom is -0.497 e. The van der Waals surface area contributed by atoms with Gasteiger partial charge in [0.1, 0.15) is 23.7 Å². The van der Waals surface area contributed by atoms with Gasteiger partial charge in [-0.15, -0.1) is 0 Å². The largest absolute Gasteiger partial charge is 0.497 e. The summed E-state index contributed by atoms with van der Waals surface area (Å²) in [5.74, 6) is 1.33. The highest BCUT2D eigenvalue weighted by molar-refractivity contribution is 5.78. The van der Waals surface area contributed by atoms with Gasteiger partial charge < -0.3 is 19.1 Å². The average Bonchev–Trinajstić information content (AvgIpc) is 2.72. The lowest BCUT2D eigenvalue weighted by Gasteiger charge is -2.32. The summed E-state index contributed by atoms with van der Waals surface area (Å²) >= 11 is 0. The topological polar surface area (TPSA) is 97.6 Å². The third-order valence-electron chi connectivity index (χ3n) is 4.18. The molecule has 1 aromatic heterocycles. The lowest BCUT2D eigenvalue weighted by molar-refractivity contribution is -0.136. The number of benzene rings is 1. The number of ether oxygens (including phenoxy) is 3. The van der Waals surface area contributed by atoms with E-state index in [1.807, 2.05) is 12.1 Å². The molecule has 0 unspecified atom stereocenters. The molecule has 8 heteroatoms. The van der Waals surface area contributed by atoms with Gasteiger partial charge in [-0.2, -0.15) is 5.26 Å². The van der Waals surface area contributed by atoms with Gasteiger partial charge in [0.05, 0.1) is 13.7 Å². The highest BCUT2D eigenvalue weighted by Crippen LogP contribution is 2.20. The Kier molecular flexibility index (Phi) is 6.05. The van der Waals surface area contributed by atoms with Crippen LogP contribution in [0.1, 0.15) is 18.5 Å². The van der Waals surface area contributed by atoms with Crippen LogP contribution in [-0.4, -0.2) is 53.7 Å². The second kappa shape index (κ2) is 8.85. The number of hydrogen-bond acceptors (Lipinski definition) is 7. The van der Waals surface area contributed by atoms with Gasteiger partial charge in [-0.3, -0.25) is 4.79 Å². The maximum Gasteiger partial charge on any atom is 0.260 e. The number of rotatable bonds is 6. The van der Waals surface area contributed by atoms with E-state index in [1.165, 1.54) is 12.4 Å². The zero-order valence-electron chi connectivity index (χ0n) is 15.0. The number of methoxy groups -OCH3 is 1. The number of nitriles is 1. The third-order valence-corrected chi connectivity index (χ3v) is 4.18. The summed E-state index contributed by atoms with van der Waals surface area (Å²) in [5.41, 5.74) is 0.141. The second-order valence-corrected chi connectivity index (χ2v) is 6.01. The number of nitrogens with zero attached hydrogens (tertiary/aromatic N) is 4. The van der Waals surface area contributed by atoms with E-state index in [2.05, 4.69) is 9.97 Å². The van der Waals surface area contributed by atoms with Gasteiger partial charge in [-0.05, 0) is 25.0 Å². The monoisotopic (exact) mass is 368 g/mol. The summed E-state index contributed by atoms with van der Waals surface area (Å²) in [5, 5.41) is 9.08. The Morgan fingerprint density at radius 2 is 2.15 bits per heavy atom. The predicted octanol–water partition coefficient (Wildman–Crippen LogP) is 1.81. The van der Waals surface area contributed by atoms with Crippen molar-refractivity contribution in [3.8, 4) is 23.4 Å². The Bertz CT molecular complexity index is 836. The van der Waals surface area contributed by atoms with Crippen molar-refractivity contribution in [3.63, 3.8) is 0 Å². The first-order valence-electron chi connectivity index (χ1n) is 8.62. The lowest BCUT2D eigenvalue weighted by atomic mass is 10.1. The molecule has 1 amide bonds. The van der Waals surface area contributed by atoms with Crippen LogP contribution in [0.25, 0.3) is 0 Å². The summed E-state index contributed by atoms with van der Waals surface area (Å²) in [6.07, 6.45) is 4.27. The Morgan fingerprint density at radius 1 is 1.33 bits per heavy atom. The van der Waals surface area contributed by atoms with E-state index >= 15 is 0 Å². The molecule has 2 aromatic rings. The van der Waals surface area contributed by atoms with Crippen molar-refractivity contribution in [2.75, 3.05) is 26.8 Å². The van der Waals surface area contributed by atoms with E-state index in [9.17, 15) is 4.79 Å². The van der Waals surface area contributed by atoms with Crippen molar-refractivity contribution < 1.29 is 19.0 Å². The van der Waals surface area contributed by atoms with Crippen LogP contribution < -0.4 is 14.2 Å². The number of amides is 1. The van der Waals surface area contributed by atoms with Gasteiger partial charge in [-0.1, -0.05) is 6.07 Å². The van der Waals surface area contributed by atoms with Crippen molar-refractivity contribution in [1.29, 1.82) is 5.26 Å². The number of piperidine rings is 1. The molecule has 1 aromatic carbocycles. The Balaban J connectivity index is 1.55. The molecular formula is C19H20N4O4. The molecule has 8 nitrogen and oxygen atoms in total. The molecule has 1 atom stereocenters. The van der Waals surface area contributed by atoms with Crippen LogP contribution >= 0.6 is 0 Å². The first kappa shape index (κ1) is 18.5. The fraction of sp³-hybridized carbons (Fsp3) is 0.368. The van der Waals surface area contributed by atoms with E-state index in [1.54, 1.807) is 30.2 Å². The molecule has 0 aliphatic carbocycles. The fourth-order valence-corrected chi connectivity index (χ4v) is 2.83. The van der Waals surface area contributed by atoms with Crippen LogP contribution in [0.3, 0.4) is 0 Å². The van der Waals surface area contributed by atoms with Gasteiger partial charge >= 0.3 is 0 Å². The van der Waals surface area contributed by atoms with Crippen LogP contribution in [-0.2, 0) is 4.79 Å². The molecule has 1 aliphatic heterocycles. The fourth-order valence-electron chi connectivity index (χ4n) is 2.83. The minimum absolute atomic E-state index is 0.0610. The molecule has 2 heterocycles. The van der Waals surface area contributed by atoms with Crippen molar-refractivity contribution in [2.24, 2.45) is 0 Å². The van der Waals surface area contributed by atoms with Crippen molar-refractivity contribution >= 4 is 5.91 Å². The maximum atomic E-state index is 12.5. The van der Waals surface area contributed by atoms with E-state index in [4.69, 9.17) is 19.5 Å². The first-order valence-corrected chi connectivity index (χ1v) is 8.62. The smallest absolute Gasteiger partial charge is 0.260 e. The molecule has 1 aliphatic rings. The van der Waals surface area contributed by atoms with Gasteiger partial charge in [-0.25, -0.2) is 9.97 Å². The molecule has 1 fully saturated rings. The number of hydrogen-bond donors (Lipinski definition) is 0. The zero-order valence-corrected chi connectivity index (χ0v) is 15.0. The standard InChI is InChI=1S/C19H20N4O4/c1-25-14-4-2-5-15(10-14)26-13-18(24)23-9-3-6-16(12-23)27-19-17(11-20)21-7-8-22-19/h2,4-5,7-8,10,16H,3,6,9,12-13H2,1H3/t16-/m0/s1. The number of carbonyl (C=O) groups excluding carboxylic acids is 1. The molecule has 0 N–H and O–H groups in total. The predicted molar refractivity (Wildman–Crippen MR) is 95.5 cm³/mol.